The zero-order chi connectivity index (χ0) is 24.0. The molecule has 170 valence electrons. The van der Waals surface area contributed by atoms with E-state index in [2.05, 4.69) is 65.5 Å². The number of hydrogen-bond acceptors (Lipinski definition) is 2. The van der Waals surface area contributed by atoms with E-state index in [1.54, 1.807) is 29.2 Å². The lowest BCUT2D eigenvalue weighted by atomic mass is 9.62. The molecule has 0 heterocycles. The van der Waals surface area contributed by atoms with Crippen molar-refractivity contribution in [3.05, 3.63) is 90.0 Å². The molecular weight excluding hydrogens is 406 g/mol. The zero-order valence-corrected chi connectivity index (χ0v) is 20.3. The van der Waals surface area contributed by atoms with Crippen LogP contribution in [0.4, 0.5) is 11.4 Å². The molecule has 0 bridgehead atoms. The molecule has 0 aliphatic heterocycles. The monoisotopic (exact) mass is 439 g/mol. The van der Waals surface area contributed by atoms with Crippen molar-refractivity contribution in [1.82, 2.24) is 0 Å². The highest BCUT2D eigenvalue weighted by atomic mass is 16.3. The summed E-state index contributed by atoms with van der Waals surface area (Å²) in [6.07, 6.45) is 3.67. The van der Waals surface area contributed by atoms with E-state index in [-0.39, 0.29) is 22.5 Å². The second kappa shape index (κ2) is 8.22. The summed E-state index contributed by atoms with van der Waals surface area (Å²) in [7, 11) is 0. The molecule has 3 aromatic carbocycles. The van der Waals surface area contributed by atoms with Gasteiger partial charge in [-0.1, -0.05) is 58.5 Å². The molecule has 0 unspecified atom stereocenters. The van der Waals surface area contributed by atoms with Gasteiger partial charge in [0, 0.05) is 11.4 Å². The molecule has 0 atom stereocenters. The largest absolute Gasteiger partial charge is 0.508 e. The first-order valence-corrected chi connectivity index (χ1v) is 11.6. The number of anilines is 2. The Labute approximate surface area is 197 Å². The van der Waals surface area contributed by atoms with Crippen molar-refractivity contribution in [2.45, 2.75) is 58.3 Å². The van der Waals surface area contributed by atoms with Crippen LogP contribution in [0, 0.1) is 6.92 Å². The van der Waals surface area contributed by atoms with Crippen molar-refractivity contribution in [2.24, 2.45) is 0 Å². The van der Waals surface area contributed by atoms with Gasteiger partial charge >= 0.3 is 0 Å². The number of aryl methyl sites for hydroxylation is 1. The van der Waals surface area contributed by atoms with Crippen LogP contribution in [0.5, 0.6) is 5.75 Å². The van der Waals surface area contributed by atoms with E-state index in [4.69, 9.17) is 0 Å². The summed E-state index contributed by atoms with van der Waals surface area (Å²) in [4.78, 5) is 14.4. The van der Waals surface area contributed by atoms with Gasteiger partial charge in [-0.05, 0) is 101 Å². The summed E-state index contributed by atoms with van der Waals surface area (Å²) in [5.41, 5.74) is 8.11. The highest BCUT2D eigenvalue weighted by Gasteiger charge is 2.37. The number of phenolic OH excluding ortho intramolecular Hbond substituents is 1. The van der Waals surface area contributed by atoms with Crippen LogP contribution in [0.3, 0.4) is 0 Å². The van der Waals surface area contributed by atoms with Crippen LogP contribution >= 0.6 is 0 Å². The molecule has 33 heavy (non-hydrogen) atoms. The normalized spacial score (nSPS) is 16.0. The van der Waals surface area contributed by atoms with Crippen molar-refractivity contribution < 1.29 is 9.90 Å². The summed E-state index contributed by atoms with van der Waals surface area (Å²) in [6, 6.07) is 19.4. The van der Waals surface area contributed by atoms with E-state index in [9.17, 15) is 9.90 Å². The highest BCUT2D eigenvalue weighted by molar-refractivity contribution is 6.07. The standard InChI is InChI=1S/C30H33NO2/c1-7-28(33)31(22-11-13-24(32)14-12-22)23-10-8-9-21(18-23)25-19-27-26(17-20(25)2)29(3,4)15-16-30(27,5)6/h7-14,17-19,32H,1,15-16H2,2-6H3. The molecule has 0 saturated heterocycles. The van der Waals surface area contributed by atoms with Crippen LogP contribution in [0.25, 0.3) is 11.1 Å². The van der Waals surface area contributed by atoms with Gasteiger partial charge in [0.25, 0.3) is 5.91 Å². The van der Waals surface area contributed by atoms with Crippen molar-refractivity contribution in [3.63, 3.8) is 0 Å². The first-order valence-electron chi connectivity index (χ1n) is 11.6. The summed E-state index contributed by atoms with van der Waals surface area (Å²) in [5.74, 6) is -0.0587. The highest BCUT2D eigenvalue weighted by Crippen LogP contribution is 2.47. The van der Waals surface area contributed by atoms with Crippen molar-refractivity contribution in [1.29, 1.82) is 0 Å². The smallest absolute Gasteiger partial charge is 0.254 e. The third-order valence-corrected chi connectivity index (χ3v) is 7.12. The maximum atomic E-state index is 12.8. The van der Waals surface area contributed by atoms with Crippen molar-refractivity contribution in [3.8, 4) is 16.9 Å². The molecule has 1 amide bonds. The molecule has 1 aliphatic rings. The molecule has 1 aliphatic carbocycles. The lowest BCUT2D eigenvalue weighted by Crippen LogP contribution is -2.34. The number of carbonyl (C=O) groups is 1. The van der Waals surface area contributed by atoms with Crippen LogP contribution in [-0.4, -0.2) is 11.0 Å². The van der Waals surface area contributed by atoms with Crippen LogP contribution in [0.1, 0.15) is 57.2 Å². The average Bonchev–Trinajstić information content (AvgIpc) is 2.78. The van der Waals surface area contributed by atoms with Gasteiger partial charge in [0.05, 0.1) is 0 Å². The molecule has 0 radical (unpaired) electrons. The lowest BCUT2D eigenvalue weighted by Gasteiger charge is -2.42. The average molecular weight is 440 g/mol. The predicted octanol–water partition coefficient (Wildman–Crippen LogP) is 7.57. The Morgan fingerprint density at radius 1 is 0.909 bits per heavy atom. The molecule has 0 spiro atoms. The fourth-order valence-corrected chi connectivity index (χ4v) is 4.94. The number of rotatable bonds is 4. The molecule has 0 saturated carbocycles. The molecule has 0 fully saturated rings. The molecule has 0 aromatic heterocycles. The predicted molar refractivity (Wildman–Crippen MR) is 137 cm³/mol. The molecule has 3 nitrogen and oxygen atoms in total. The molecule has 3 heteroatoms. The van der Waals surface area contributed by atoms with Crippen LogP contribution in [0.2, 0.25) is 0 Å². The van der Waals surface area contributed by atoms with E-state index in [0.29, 0.717) is 5.69 Å². The Bertz CT molecular complexity index is 1220. The number of phenols is 1. The van der Waals surface area contributed by atoms with Gasteiger partial charge in [-0.25, -0.2) is 0 Å². The molecule has 4 rings (SSSR count). The number of nitrogens with zero attached hydrogens (tertiary/aromatic N) is 1. The first kappa shape index (κ1) is 22.8. The van der Waals surface area contributed by atoms with Gasteiger partial charge in [-0.15, -0.1) is 0 Å². The number of aromatic hydroxyl groups is 1. The fraction of sp³-hybridized carbons (Fsp3) is 0.300. The lowest BCUT2D eigenvalue weighted by molar-refractivity contribution is -0.113. The first-order chi connectivity index (χ1) is 15.5. The second-order valence-electron chi connectivity index (χ2n) is 10.4. The van der Waals surface area contributed by atoms with Gasteiger partial charge in [-0.2, -0.15) is 0 Å². The quantitative estimate of drug-likeness (QED) is 0.426. The number of hydrogen-bond donors (Lipinski definition) is 1. The number of benzene rings is 3. The molecular formula is C30H33NO2. The Hall–Kier alpha value is -3.33. The second-order valence-corrected chi connectivity index (χ2v) is 10.4. The van der Waals surface area contributed by atoms with Gasteiger partial charge < -0.3 is 5.11 Å². The third-order valence-electron chi connectivity index (χ3n) is 7.12. The summed E-state index contributed by atoms with van der Waals surface area (Å²) < 4.78 is 0. The van der Waals surface area contributed by atoms with Crippen LogP contribution in [0.15, 0.2) is 73.3 Å². The minimum absolute atomic E-state index is 0.127. The van der Waals surface area contributed by atoms with Crippen molar-refractivity contribution >= 4 is 17.3 Å². The van der Waals surface area contributed by atoms with Gasteiger partial charge in [0.2, 0.25) is 0 Å². The van der Waals surface area contributed by atoms with Crippen LogP contribution in [-0.2, 0) is 15.6 Å². The van der Waals surface area contributed by atoms with Crippen molar-refractivity contribution in [2.75, 3.05) is 4.90 Å². The third kappa shape index (κ3) is 4.20. The Kier molecular flexibility index (Phi) is 5.69. The van der Waals surface area contributed by atoms with E-state index >= 15 is 0 Å². The molecule has 1 N–H and O–H groups in total. The Balaban J connectivity index is 1.85. The number of fused-ring (bicyclic) bond motifs is 1. The van der Waals surface area contributed by atoms with Gasteiger partial charge in [0.1, 0.15) is 5.75 Å². The van der Waals surface area contributed by atoms with E-state index in [1.165, 1.54) is 34.8 Å². The summed E-state index contributed by atoms with van der Waals surface area (Å²) in [5, 5.41) is 9.68. The topological polar surface area (TPSA) is 40.5 Å². The van der Waals surface area contributed by atoms with Crippen LogP contribution < -0.4 is 4.90 Å². The number of carbonyl (C=O) groups excluding carboxylic acids is 1. The Morgan fingerprint density at radius 3 is 2.12 bits per heavy atom. The van der Waals surface area contributed by atoms with E-state index in [0.717, 1.165) is 17.7 Å². The summed E-state index contributed by atoms with van der Waals surface area (Å²) in [6.45, 7) is 15.2. The SMILES string of the molecule is C=CC(=O)N(c1ccc(O)cc1)c1cccc(-c2cc3c(cc2C)C(C)(C)CCC3(C)C)c1. The minimum atomic E-state index is -0.220. The maximum absolute atomic E-state index is 12.8. The maximum Gasteiger partial charge on any atom is 0.254 e. The Morgan fingerprint density at radius 2 is 1.52 bits per heavy atom. The zero-order valence-electron chi connectivity index (χ0n) is 20.3. The van der Waals surface area contributed by atoms with E-state index < -0.39 is 0 Å². The summed E-state index contributed by atoms with van der Waals surface area (Å²) >= 11 is 0. The van der Waals surface area contributed by atoms with Gasteiger partial charge in [0.15, 0.2) is 0 Å². The van der Waals surface area contributed by atoms with Gasteiger partial charge in [-0.3, -0.25) is 9.69 Å². The van der Waals surface area contributed by atoms with E-state index in [1.807, 2.05) is 12.1 Å². The minimum Gasteiger partial charge on any atom is -0.508 e. The fourth-order valence-electron chi connectivity index (χ4n) is 4.94. The number of amides is 1. The molecule has 3 aromatic rings.